The number of hydrogen-bond donors (Lipinski definition) is 6. The van der Waals surface area contributed by atoms with Gasteiger partial charge in [-0.25, -0.2) is 4.98 Å². The van der Waals surface area contributed by atoms with Gasteiger partial charge in [0.25, 0.3) is 17.7 Å². The Bertz CT molecular complexity index is 3250. The molecule has 7 aromatic rings. The molecule has 79 heavy (non-hydrogen) atoms. The van der Waals surface area contributed by atoms with E-state index in [0.717, 1.165) is 47.8 Å². The largest absolute Gasteiger partial charge is 0.508 e. The van der Waals surface area contributed by atoms with Crippen LogP contribution in [0.25, 0.3) is 28.0 Å². The summed E-state index contributed by atoms with van der Waals surface area (Å²) in [5.41, 5.74) is 3.46. The van der Waals surface area contributed by atoms with Crippen LogP contribution in [0.3, 0.4) is 0 Å². The van der Waals surface area contributed by atoms with Crippen LogP contribution in [0.2, 0.25) is 0 Å². The SMILES string of the molecule is CCNC(=O)c1nnc(-c2cc(C(C)C)c(O)cc2O)n1-c1ccc2c(ccn2CCC2CCN(C(=O)c3ccc(C4(C)OB([C@H](CC(C)C)NC(O)[C@H](Cc5ccccc5)NC(=O)c5cnccn5)OC4(C)C)cc3)CC2)c1. The third-order valence-corrected chi connectivity index (χ3v) is 15.7. The number of rotatable bonds is 20. The molecule has 0 spiro atoms. The number of aliphatic hydroxyl groups is 1. The van der Waals surface area contributed by atoms with Crippen LogP contribution in [0.5, 0.6) is 11.5 Å². The molecular weight excluding hydrogens is 1000 g/mol. The van der Waals surface area contributed by atoms with Crippen LogP contribution in [0.15, 0.2) is 116 Å². The molecule has 4 aromatic carbocycles. The van der Waals surface area contributed by atoms with Crippen molar-refractivity contribution < 1.29 is 39.0 Å². The molecule has 0 bridgehead atoms. The topological polar surface area (TPSA) is 231 Å². The van der Waals surface area contributed by atoms with Crippen LogP contribution in [0, 0.1) is 11.8 Å². The van der Waals surface area contributed by atoms with Gasteiger partial charge in [-0.05, 0) is 137 Å². The number of carbonyl (C=O) groups is 3. The lowest BCUT2D eigenvalue weighted by molar-refractivity contribution is -0.0133. The second-order valence-corrected chi connectivity index (χ2v) is 22.3. The van der Waals surface area contributed by atoms with Crippen molar-refractivity contribution >= 4 is 35.7 Å². The van der Waals surface area contributed by atoms with E-state index in [2.05, 4.69) is 60.7 Å². The Morgan fingerprint density at radius 1 is 0.861 bits per heavy atom. The van der Waals surface area contributed by atoms with Crippen molar-refractivity contribution in [3.8, 4) is 28.6 Å². The Hall–Kier alpha value is -7.45. The first-order valence-corrected chi connectivity index (χ1v) is 27.5. The maximum Gasteiger partial charge on any atom is 0.476 e. The van der Waals surface area contributed by atoms with E-state index in [1.165, 1.54) is 24.7 Å². The van der Waals surface area contributed by atoms with Gasteiger partial charge in [-0.2, -0.15) is 0 Å². The smallest absolute Gasteiger partial charge is 0.476 e. The minimum atomic E-state index is -1.19. The second-order valence-electron chi connectivity index (χ2n) is 22.3. The van der Waals surface area contributed by atoms with E-state index >= 15 is 0 Å². The van der Waals surface area contributed by atoms with E-state index in [1.54, 1.807) is 10.6 Å². The third kappa shape index (κ3) is 12.2. The van der Waals surface area contributed by atoms with Crippen LogP contribution >= 0.6 is 0 Å². The molecule has 9 rings (SSSR count). The van der Waals surface area contributed by atoms with Crippen molar-refractivity contribution in [2.45, 2.75) is 129 Å². The van der Waals surface area contributed by atoms with Crippen molar-refractivity contribution in [3.63, 3.8) is 0 Å². The highest BCUT2D eigenvalue weighted by molar-refractivity contribution is 6.47. The first-order chi connectivity index (χ1) is 37.8. The number of nitrogens with zero attached hydrogens (tertiary/aromatic N) is 7. The van der Waals surface area contributed by atoms with Gasteiger partial charge in [0.05, 0.1) is 29.1 Å². The number of benzene rings is 4. The number of amides is 3. The fourth-order valence-electron chi connectivity index (χ4n) is 11.0. The summed E-state index contributed by atoms with van der Waals surface area (Å²) in [6.07, 6.45) is 8.89. The summed E-state index contributed by atoms with van der Waals surface area (Å²) >= 11 is 0. The van der Waals surface area contributed by atoms with E-state index in [4.69, 9.17) is 9.31 Å². The standard InChI is InChI=1S/C60H73BN10O8/c1-9-63-57(76)54-68-67-53(46-34-45(38(4)5)50(72)35-51(46)73)71(54)44-19-20-49-42(33-44)24-30-69(49)27-21-39-22-28-70(29-23-39)58(77)41-15-17-43(18-16-41)60(8)59(6,7)78-61(79-60)52(31-37(2)3)66-55(74)47(32-40-13-11-10-12-14-40)65-56(75)48-36-62-25-26-64-48/h10-20,24-26,30,33-39,47,52,55,66,72-74H,9,21-23,27-29,31-32H2,1-8H3,(H,63,76)(H,65,75)/t47-,52-,55?,60?/m0/s1. The number of phenols is 2. The molecule has 3 aromatic heterocycles. The molecule has 414 valence electrons. The van der Waals surface area contributed by atoms with Crippen molar-refractivity contribution in [1.82, 2.24) is 50.1 Å². The molecule has 5 heterocycles. The average molecular weight is 1070 g/mol. The number of nitrogens with one attached hydrogen (secondary N) is 3. The Labute approximate surface area is 462 Å². The third-order valence-electron chi connectivity index (χ3n) is 15.7. The molecule has 19 heteroatoms. The minimum Gasteiger partial charge on any atom is -0.508 e. The summed E-state index contributed by atoms with van der Waals surface area (Å²) in [6.45, 7) is 18.4. The predicted molar refractivity (Wildman–Crippen MR) is 303 cm³/mol. The first-order valence-electron chi connectivity index (χ1n) is 27.5. The summed E-state index contributed by atoms with van der Waals surface area (Å²) in [5.74, 6) is -0.580. The average Bonchev–Trinajstić information content (AvgIpc) is 4.36. The number of aromatic hydroxyl groups is 2. The molecule has 2 aliphatic heterocycles. The van der Waals surface area contributed by atoms with E-state index in [-0.39, 0.29) is 46.6 Å². The van der Waals surface area contributed by atoms with Gasteiger partial charge in [-0.1, -0.05) is 70.2 Å². The monoisotopic (exact) mass is 1070 g/mol. The van der Waals surface area contributed by atoms with E-state index in [0.29, 0.717) is 60.8 Å². The van der Waals surface area contributed by atoms with Crippen molar-refractivity contribution in [2.24, 2.45) is 11.8 Å². The number of piperidine rings is 1. The molecule has 0 saturated carbocycles. The van der Waals surface area contributed by atoms with E-state index in [9.17, 15) is 29.7 Å². The van der Waals surface area contributed by atoms with Crippen LogP contribution < -0.4 is 16.0 Å². The summed E-state index contributed by atoms with van der Waals surface area (Å²) in [5, 5.41) is 52.2. The predicted octanol–water partition coefficient (Wildman–Crippen LogP) is 8.34. The summed E-state index contributed by atoms with van der Waals surface area (Å²) in [7, 11) is -0.764. The summed E-state index contributed by atoms with van der Waals surface area (Å²) in [4.78, 5) is 50.8. The number of phenolic OH excluding ortho intramolecular Hbond substituents is 2. The zero-order valence-corrected chi connectivity index (χ0v) is 46.4. The lowest BCUT2D eigenvalue weighted by Crippen LogP contribution is -2.58. The zero-order chi connectivity index (χ0) is 56.2. The molecule has 4 atom stereocenters. The fourth-order valence-corrected chi connectivity index (χ4v) is 11.0. The molecule has 18 nitrogen and oxygen atoms in total. The van der Waals surface area contributed by atoms with Gasteiger partial charge in [-0.3, -0.25) is 29.3 Å². The van der Waals surface area contributed by atoms with Crippen LogP contribution in [-0.4, -0.2) is 118 Å². The minimum absolute atomic E-state index is 0.0118. The molecular formula is C60H73BN10O8. The molecule has 2 aliphatic rings. The number of hydrogen-bond acceptors (Lipinski definition) is 13. The van der Waals surface area contributed by atoms with Gasteiger partial charge in [0, 0.05) is 73.2 Å². The number of carbonyl (C=O) groups excluding carboxylic acids is 3. The Morgan fingerprint density at radius 2 is 1.61 bits per heavy atom. The number of aromatic nitrogens is 6. The van der Waals surface area contributed by atoms with Crippen LogP contribution in [0.4, 0.5) is 0 Å². The van der Waals surface area contributed by atoms with Gasteiger partial charge in [-0.15, -0.1) is 10.2 Å². The van der Waals surface area contributed by atoms with Crippen molar-refractivity contribution in [1.29, 1.82) is 0 Å². The number of aliphatic hydroxyl groups excluding tert-OH is 1. The molecule has 0 radical (unpaired) electrons. The Balaban J connectivity index is 0.824. The summed E-state index contributed by atoms with van der Waals surface area (Å²) in [6, 6.07) is 27.5. The maximum atomic E-state index is 14.0. The van der Waals surface area contributed by atoms with Crippen LogP contribution in [0.1, 0.15) is 135 Å². The number of likely N-dealkylation sites (tertiary alicyclic amines) is 1. The Kier molecular flexibility index (Phi) is 17.0. The molecule has 2 unspecified atom stereocenters. The highest BCUT2D eigenvalue weighted by Crippen LogP contribution is 2.46. The fraction of sp³-hybridized carbons (Fsp3) is 0.417. The molecule has 6 N–H and O–H groups in total. The Morgan fingerprint density at radius 3 is 2.29 bits per heavy atom. The lowest BCUT2D eigenvalue weighted by atomic mass is 9.73. The zero-order valence-electron chi connectivity index (χ0n) is 46.4. The van der Waals surface area contributed by atoms with Gasteiger partial charge in [0.1, 0.15) is 29.0 Å². The van der Waals surface area contributed by atoms with Gasteiger partial charge in [0.15, 0.2) is 5.82 Å². The van der Waals surface area contributed by atoms with Gasteiger partial charge in [0.2, 0.25) is 5.82 Å². The molecule has 0 aliphatic carbocycles. The van der Waals surface area contributed by atoms with Gasteiger partial charge < -0.3 is 44.7 Å². The first kappa shape index (κ1) is 56.3. The van der Waals surface area contributed by atoms with E-state index < -0.39 is 48.3 Å². The number of fused-ring (bicyclic) bond motifs is 1. The normalized spacial score (nSPS) is 17.8. The van der Waals surface area contributed by atoms with Crippen molar-refractivity contribution in [3.05, 3.63) is 150 Å². The number of aryl methyl sites for hydroxylation is 1. The molecule has 2 fully saturated rings. The van der Waals surface area contributed by atoms with Crippen molar-refractivity contribution in [2.75, 3.05) is 19.6 Å². The molecule has 3 amide bonds. The summed E-state index contributed by atoms with van der Waals surface area (Å²) < 4.78 is 17.5. The van der Waals surface area contributed by atoms with Gasteiger partial charge >= 0.3 is 7.12 Å². The maximum absolute atomic E-state index is 14.0. The van der Waals surface area contributed by atoms with E-state index in [1.807, 2.05) is 125 Å². The lowest BCUT2D eigenvalue weighted by Gasteiger charge is -2.37. The van der Waals surface area contributed by atoms with Crippen LogP contribution in [-0.2, 0) is 27.9 Å². The highest BCUT2D eigenvalue weighted by atomic mass is 16.7. The highest BCUT2D eigenvalue weighted by Gasteiger charge is 2.57. The quantitative estimate of drug-likeness (QED) is 0.0312. The second kappa shape index (κ2) is 23.9. The molecule has 2 saturated heterocycles.